The fourth-order valence-corrected chi connectivity index (χ4v) is 3.49. The Kier molecular flexibility index (Phi) is 6.23. The molecule has 0 aliphatic carbocycles. The number of piperidine rings is 1. The maximum Gasteiger partial charge on any atom is 0.410 e. The Morgan fingerprint density at radius 2 is 1.72 bits per heavy atom. The molecule has 1 heterocycles. The molecule has 0 aromatic rings. The first-order chi connectivity index (χ1) is 11.0. The van der Waals surface area contributed by atoms with Crippen molar-refractivity contribution in [2.75, 3.05) is 13.2 Å². The lowest BCUT2D eigenvalue weighted by molar-refractivity contribution is -0.134. The molecular formula is C19H37NO4Si. The van der Waals surface area contributed by atoms with E-state index < -0.39 is 19.3 Å². The van der Waals surface area contributed by atoms with Crippen molar-refractivity contribution in [2.45, 2.75) is 91.6 Å². The Hall–Kier alpha value is -0.883. The number of ether oxygens (including phenoxy) is 1. The average Bonchev–Trinajstić information content (AvgIpc) is 2.36. The molecule has 0 spiro atoms. The van der Waals surface area contributed by atoms with Gasteiger partial charge in [0.25, 0.3) is 0 Å². The van der Waals surface area contributed by atoms with E-state index in [1.165, 1.54) is 0 Å². The third-order valence-electron chi connectivity index (χ3n) is 5.25. The number of ketones is 1. The van der Waals surface area contributed by atoms with Gasteiger partial charge >= 0.3 is 6.09 Å². The Morgan fingerprint density at radius 1 is 1.20 bits per heavy atom. The number of Topliss-reactive ketones (excluding diaryl/α,β-unsaturated/α-hetero) is 1. The van der Waals surface area contributed by atoms with E-state index in [4.69, 9.17) is 9.16 Å². The lowest BCUT2D eigenvalue weighted by Crippen LogP contribution is -2.57. The number of nitrogens with zero attached hydrogens (tertiary/aromatic N) is 1. The summed E-state index contributed by atoms with van der Waals surface area (Å²) in [7, 11) is -1.95. The van der Waals surface area contributed by atoms with Gasteiger partial charge < -0.3 is 14.1 Å². The van der Waals surface area contributed by atoms with Gasteiger partial charge in [0.1, 0.15) is 11.4 Å². The monoisotopic (exact) mass is 371 g/mol. The highest BCUT2D eigenvalue weighted by Crippen LogP contribution is 2.37. The van der Waals surface area contributed by atoms with Crippen LogP contribution in [0, 0.1) is 5.41 Å². The first-order valence-corrected chi connectivity index (χ1v) is 12.0. The molecule has 1 rings (SSSR count). The first kappa shape index (κ1) is 22.2. The zero-order chi connectivity index (χ0) is 19.8. The summed E-state index contributed by atoms with van der Waals surface area (Å²) in [6, 6.07) is -0.260. The van der Waals surface area contributed by atoms with Gasteiger partial charge in [0, 0.05) is 18.4 Å². The number of carbonyl (C=O) groups is 2. The second kappa shape index (κ2) is 7.03. The molecule has 1 saturated heterocycles. The average molecular weight is 372 g/mol. The van der Waals surface area contributed by atoms with Crippen molar-refractivity contribution >= 4 is 20.2 Å². The molecule has 0 saturated carbocycles. The molecule has 25 heavy (non-hydrogen) atoms. The Morgan fingerprint density at radius 3 is 2.16 bits per heavy atom. The molecule has 1 atom stereocenters. The van der Waals surface area contributed by atoms with Gasteiger partial charge in [-0.3, -0.25) is 4.79 Å². The van der Waals surface area contributed by atoms with Crippen LogP contribution in [0.25, 0.3) is 0 Å². The van der Waals surface area contributed by atoms with Gasteiger partial charge in [-0.2, -0.15) is 0 Å². The van der Waals surface area contributed by atoms with Gasteiger partial charge in [0.15, 0.2) is 8.32 Å². The Labute approximate surface area is 154 Å². The van der Waals surface area contributed by atoms with Crippen molar-refractivity contribution in [2.24, 2.45) is 5.41 Å². The van der Waals surface area contributed by atoms with E-state index in [-0.39, 0.29) is 23.0 Å². The summed E-state index contributed by atoms with van der Waals surface area (Å²) >= 11 is 0. The third-order valence-corrected chi connectivity index (χ3v) is 9.75. The Balaban J connectivity index is 2.96. The molecule has 146 valence electrons. The highest BCUT2D eigenvalue weighted by molar-refractivity contribution is 6.74. The quantitative estimate of drug-likeness (QED) is 0.680. The van der Waals surface area contributed by atoms with E-state index in [2.05, 4.69) is 33.9 Å². The summed E-state index contributed by atoms with van der Waals surface area (Å²) in [6.45, 7) is 21.0. The number of carbonyl (C=O) groups excluding carboxylic acids is 2. The summed E-state index contributed by atoms with van der Waals surface area (Å²) in [5, 5.41) is 0.0850. The van der Waals surface area contributed by atoms with Gasteiger partial charge in [-0.05, 0) is 38.9 Å². The molecule has 5 nitrogen and oxygen atoms in total. The minimum Gasteiger partial charge on any atom is -0.444 e. The van der Waals surface area contributed by atoms with Gasteiger partial charge in [0.2, 0.25) is 0 Å². The summed E-state index contributed by atoms with van der Waals surface area (Å²) in [5.41, 5.74) is -1.11. The number of amides is 1. The lowest BCUT2D eigenvalue weighted by Gasteiger charge is -2.44. The predicted octanol–water partition coefficient (Wildman–Crippen LogP) is 4.61. The Bertz CT molecular complexity index is 514. The van der Waals surface area contributed by atoms with Gasteiger partial charge in [-0.25, -0.2) is 4.79 Å². The number of hydrogen-bond acceptors (Lipinski definition) is 4. The van der Waals surface area contributed by atoms with Crippen molar-refractivity contribution in [1.29, 1.82) is 0 Å². The number of hydrogen-bond donors (Lipinski definition) is 0. The van der Waals surface area contributed by atoms with Crippen LogP contribution < -0.4 is 0 Å². The molecule has 0 aromatic heterocycles. The molecular weight excluding hydrogens is 334 g/mol. The van der Waals surface area contributed by atoms with Crippen LogP contribution in [0.5, 0.6) is 0 Å². The van der Waals surface area contributed by atoms with E-state index in [9.17, 15) is 9.59 Å². The van der Waals surface area contributed by atoms with Gasteiger partial charge in [0.05, 0.1) is 12.6 Å². The second-order valence-corrected chi connectivity index (χ2v) is 15.2. The van der Waals surface area contributed by atoms with Crippen LogP contribution in [0.2, 0.25) is 18.1 Å². The molecule has 1 aliphatic heterocycles. The number of likely N-dealkylation sites (tertiary alicyclic amines) is 1. The fraction of sp³-hybridized carbons (Fsp3) is 0.895. The normalized spacial score (nSPS) is 22.1. The topological polar surface area (TPSA) is 55.8 Å². The number of rotatable bonds is 3. The van der Waals surface area contributed by atoms with E-state index in [1.54, 1.807) is 4.90 Å². The molecule has 0 aromatic carbocycles. The molecule has 0 unspecified atom stereocenters. The summed E-state index contributed by atoms with van der Waals surface area (Å²) < 4.78 is 11.9. The minimum atomic E-state index is -1.95. The van der Waals surface area contributed by atoms with Crippen LogP contribution in [-0.4, -0.2) is 49.9 Å². The molecule has 1 fully saturated rings. The van der Waals surface area contributed by atoms with Crippen molar-refractivity contribution in [3.8, 4) is 0 Å². The summed E-state index contributed by atoms with van der Waals surface area (Å²) in [5.74, 6) is 0.177. The second-order valence-electron chi connectivity index (χ2n) is 10.3. The predicted molar refractivity (Wildman–Crippen MR) is 103 cm³/mol. The molecule has 6 heteroatoms. The van der Waals surface area contributed by atoms with Crippen LogP contribution >= 0.6 is 0 Å². The maximum atomic E-state index is 12.7. The SMILES string of the molecule is CC(C)(C)OC(=O)N1CC(C)(C)C(=O)C[C@H]1CO[Si](C)(C)C(C)(C)C. The van der Waals surface area contributed by atoms with Crippen LogP contribution in [0.3, 0.4) is 0 Å². The van der Waals surface area contributed by atoms with E-state index in [0.29, 0.717) is 19.6 Å². The van der Waals surface area contributed by atoms with Crippen molar-refractivity contribution < 1.29 is 18.8 Å². The summed E-state index contributed by atoms with van der Waals surface area (Å²) in [4.78, 5) is 26.9. The third kappa shape index (κ3) is 5.81. The van der Waals surface area contributed by atoms with Crippen LogP contribution in [0.15, 0.2) is 0 Å². The molecule has 0 radical (unpaired) electrons. The molecule has 1 amide bonds. The van der Waals surface area contributed by atoms with E-state index in [0.717, 1.165) is 0 Å². The van der Waals surface area contributed by atoms with Crippen molar-refractivity contribution in [3.63, 3.8) is 0 Å². The van der Waals surface area contributed by atoms with Crippen LogP contribution in [0.1, 0.15) is 61.8 Å². The van der Waals surface area contributed by atoms with Gasteiger partial charge in [-0.15, -0.1) is 0 Å². The highest BCUT2D eigenvalue weighted by Gasteiger charge is 2.45. The lowest BCUT2D eigenvalue weighted by atomic mass is 9.80. The zero-order valence-corrected chi connectivity index (χ0v) is 18.8. The van der Waals surface area contributed by atoms with E-state index in [1.807, 2.05) is 34.6 Å². The highest BCUT2D eigenvalue weighted by atomic mass is 28.4. The smallest absolute Gasteiger partial charge is 0.410 e. The zero-order valence-electron chi connectivity index (χ0n) is 17.8. The maximum absolute atomic E-state index is 12.7. The standard InChI is InChI=1S/C19H37NO4Si/c1-17(2,3)24-16(22)20-13-19(7,8)15(21)11-14(20)12-23-25(9,10)18(4,5)6/h14H,11-13H2,1-10H3/t14-/m0/s1. The van der Waals surface area contributed by atoms with Crippen LogP contribution in [-0.2, 0) is 14.0 Å². The molecule has 1 aliphatic rings. The molecule has 0 N–H and O–H groups in total. The van der Waals surface area contributed by atoms with Crippen molar-refractivity contribution in [1.82, 2.24) is 4.90 Å². The van der Waals surface area contributed by atoms with Gasteiger partial charge in [-0.1, -0.05) is 34.6 Å². The van der Waals surface area contributed by atoms with Crippen molar-refractivity contribution in [3.05, 3.63) is 0 Å². The van der Waals surface area contributed by atoms with Crippen LogP contribution in [0.4, 0.5) is 4.79 Å². The first-order valence-electron chi connectivity index (χ1n) is 9.13. The van der Waals surface area contributed by atoms with E-state index >= 15 is 0 Å². The summed E-state index contributed by atoms with van der Waals surface area (Å²) in [6.07, 6.45) is -0.0437. The largest absolute Gasteiger partial charge is 0.444 e. The fourth-order valence-electron chi connectivity index (χ4n) is 2.45. The molecule has 0 bridgehead atoms. The minimum absolute atomic E-state index is 0.0850.